The zero-order valence-electron chi connectivity index (χ0n) is 3.66. The van der Waals surface area contributed by atoms with Crippen molar-refractivity contribution in [1.82, 2.24) is 0 Å². The molecule has 0 aliphatic rings. The summed E-state index contributed by atoms with van der Waals surface area (Å²) in [7, 11) is 1.27. The summed E-state index contributed by atoms with van der Waals surface area (Å²) in [5.74, 6) is 0. The van der Waals surface area contributed by atoms with Gasteiger partial charge in [-0.05, 0) is 0 Å². The minimum atomic E-state index is -1.34. The van der Waals surface area contributed by atoms with Crippen LogP contribution in [0, 0.1) is 0 Å². The van der Waals surface area contributed by atoms with Crippen molar-refractivity contribution in [3.63, 3.8) is 0 Å². The van der Waals surface area contributed by atoms with Gasteiger partial charge < -0.3 is 9.90 Å². The number of thiol groups is 2. The van der Waals surface area contributed by atoms with Crippen LogP contribution in [0.5, 0.6) is 0 Å². The van der Waals surface area contributed by atoms with E-state index in [0.29, 0.717) is 0 Å². The zero-order chi connectivity index (χ0) is 6.08. The summed E-state index contributed by atoms with van der Waals surface area (Å²) < 4.78 is -0.750. The van der Waals surface area contributed by atoms with Gasteiger partial charge in [-0.15, -0.1) is 0 Å². The molecule has 0 unspecified atom stereocenters. The Bertz CT molecular complexity index is 90.5. The third-order valence-corrected chi connectivity index (χ3v) is 0.672. The Hall–Kier alpha value is 1.13. The number of amides is 1. The van der Waals surface area contributed by atoms with Crippen LogP contribution >= 0.6 is 25.6 Å². The Morgan fingerprint density at radius 1 is 1.62 bits per heavy atom. The van der Waals surface area contributed by atoms with Gasteiger partial charge in [-0.25, -0.2) is 0 Å². The number of nitrogens with zero attached hydrogens (tertiary/aromatic N) is 1. The van der Waals surface area contributed by atoms with E-state index in [1.165, 1.54) is 7.05 Å². The van der Waals surface area contributed by atoms with Gasteiger partial charge in [-0.1, -0.05) is 0 Å². The Kier molecular flexibility index (Phi) is 5.98. The van der Waals surface area contributed by atoms with Crippen LogP contribution in [0.25, 0.3) is 0 Å². The molecule has 0 rings (SSSR count). The maximum absolute atomic E-state index is 9.73. The number of hydrogen-bond acceptors (Lipinski definition) is 4. The monoisotopic (exact) mass is 163 g/mol. The molecule has 0 spiro atoms. The van der Waals surface area contributed by atoms with Crippen LogP contribution in [-0.4, -0.2) is 46.0 Å². The van der Waals surface area contributed by atoms with Crippen LogP contribution in [0.2, 0.25) is 0 Å². The van der Waals surface area contributed by atoms with Crippen LogP contribution in [0.4, 0.5) is 4.79 Å². The molecule has 0 N–H and O–H groups in total. The number of rotatable bonds is 0. The third kappa shape index (κ3) is 5.27. The van der Waals surface area contributed by atoms with E-state index < -0.39 is 9.39 Å². The van der Waals surface area contributed by atoms with Gasteiger partial charge in [0.2, 0.25) is 0 Å². The van der Waals surface area contributed by atoms with E-state index in [-0.39, 0.29) is 29.6 Å². The van der Waals surface area contributed by atoms with E-state index in [0.717, 1.165) is 0 Å². The van der Waals surface area contributed by atoms with E-state index in [1.807, 2.05) is 0 Å². The van der Waals surface area contributed by atoms with E-state index in [2.05, 4.69) is 25.6 Å². The van der Waals surface area contributed by atoms with Crippen molar-refractivity contribution in [2.24, 2.45) is 0 Å². The maximum atomic E-state index is 9.73. The Morgan fingerprint density at radius 3 is 1.75 bits per heavy atom. The standard InChI is InChI=1S/C2H5NO2S2.Na.H/c1-3(6,7)2(4)5;;/h6-7H,1H3;;. The summed E-state index contributed by atoms with van der Waals surface area (Å²) in [6, 6.07) is 0. The van der Waals surface area contributed by atoms with E-state index >= 15 is 0 Å². The molecule has 3 nitrogen and oxygen atoms in total. The Labute approximate surface area is 81.0 Å². The van der Waals surface area contributed by atoms with Crippen molar-refractivity contribution < 1.29 is 13.2 Å². The average molecular weight is 163 g/mol. The second-order valence-electron chi connectivity index (χ2n) is 1.18. The Balaban J connectivity index is 0. The van der Waals surface area contributed by atoms with E-state index in [9.17, 15) is 9.90 Å². The minimum absolute atomic E-state index is 0. The van der Waals surface area contributed by atoms with Gasteiger partial charge >= 0.3 is 29.6 Å². The van der Waals surface area contributed by atoms with Gasteiger partial charge in [0.25, 0.3) is 6.09 Å². The van der Waals surface area contributed by atoms with Crippen molar-refractivity contribution in [3.05, 3.63) is 0 Å². The predicted octanol–water partition coefficient (Wildman–Crippen LogP) is -1.18. The average Bonchev–Trinajstić information content (AvgIpc) is 1.31. The number of quaternary nitrogens is 1. The summed E-state index contributed by atoms with van der Waals surface area (Å²) in [4.78, 5) is 9.73. The summed E-state index contributed by atoms with van der Waals surface area (Å²) >= 11 is 6.98. The molecule has 0 atom stereocenters. The fourth-order valence-corrected chi connectivity index (χ4v) is 0. The van der Waals surface area contributed by atoms with Crippen LogP contribution in [-0.2, 0) is 0 Å². The third-order valence-electron chi connectivity index (χ3n) is 0.346. The second kappa shape index (κ2) is 4.03. The summed E-state index contributed by atoms with van der Waals surface area (Å²) in [5.41, 5.74) is 0. The molecule has 0 bridgehead atoms. The first-order valence-electron chi connectivity index (χ1n) is 1.48. The van der Waals surface area contributed by atoms with Crippen molar-refractivity contribution >= 4 is 61.3 Å². The number of carboxylic acid groups (broad SMARTS) is 1. The summed E-state index contributed by atoms with van der Waals surface area (Å²) in [6.45, 7) is 0. The van der Waals surface area contributed by atoms with Gasteiger partial charge in [0.15, 0.2) is 0 Å². The first-order valence-corrected chi connectivity index (χ1v) is 2.28. The van der Waals surface area contributed by atoms with Crippen molar-refractivity contribution in [2.45, 2.75) is 0 Å². The van der Waals surface area contributed by atoms with Gasteiger partial charge in [0.05, 0.1) is 32.7 Å². The number of hydrogen-bond donors (Lipinski definition) is 2. The summed E-state index contributed by atoms with van der Waals surface area (Å²) in [5, 5.41) is 9.73. The molecule has 44 valence electrons. The molecular formula is C2H6NNaO2S2. The quantitative estimate of drug-likeness (QED) is 0.268. The molecule has 6 heteroatoms. The summed E-state index contributed by atoms with van der Waals surface area (Å²) in [6.07, 6.45) is -1.34. The molecule has 0 aliphatic carbocycles. The van der Waals surface area contributed by atoms with Crippen molar-refractivity contribution in [1.29, 1.82) is 0 Å². The van der Waals surface area contributed by atoms with Gasteiger partial charge in [-0.2, -0.15) is 3.29 Å². The molecule has 8 heavy (non-hydrogen) atoms. The van der Waals surface area contributed by atoms with Crippen LogP contribution < -0.4 is 5.11 Å². The van der Waals surface area contributed by atoms with Gasteiger partial charge in [0.1, 0.15) is 0 Å². The fraction of sp³-hybridized carbons (Fsp3) is 0.500. The zero-order valence-corrected chi connectivity index (χ0v) is 5.45. The van der Waals surface area contributed by atoms with Crippen LogP contribution in [0.3, 0.4) is 0 Å². The predicted molar refractivity (Wildman–Crippen MR) is 36.7 cm³/mol. The van der Waals surface area contributed by atoms with Crippen LogP contribution in [0.1, 0.15) is 0 Å². The number of carbonyl (C=O) groups is 1. The fourth-order valence-electron chi connectivity index (χ4n) is 0. The molecule has 0 saturated carbocycles. The van der Waals surface area contributed by atoms with E-state index in [1.54, 1.807) is 0 Å². The second-order valence-corrected chi connectivity index (χ2v) is 3.09. The first kappa shape index (κ1) is 11.9. The Morgan fingerprint density at radius 2 is 1.75 bits per heavy atom. The molecule has 0 aromatic heterocycles. The van der Waals surface area contributed by atoms with Crippen molar-refractivity contribution in [2.75, 3.05) is 7.05 Å². The van der Waals surface area contributed by atoms with Crippen molar-refractivity contribution in [3.8, 4) is 0 Å². The molecule has 0 aliphatic heterocycles. The molecular weight excluding hydrogens is 157 g/mol. The molecule has 0 heterocycles. The molecule has 0 saturated heterocycles. The molecule has 0 fully saturated rings. The first-order chi connectivity index (χ1) is 2.94. The molecule has 0 radical (unpaired) electrons. The topological polar surface area (TPSA) is 40.1 Å². The molecule has 0 aromatic rings. The molecule has 1 amide bonds. The van der Waals surface area contributed by atoms with Crippen LogP contribution in [0.15, 0.2) is 0 Å². The van der Waals surface area contributed by atoms with E-state index in [4.69, 9.17) is 0 Å². The SMILES string of the molecule is C[N+](S)(S)C(=O)[O-].[NaH]. The van der Waals surface area contributed by atoms with Gasteiger partial charge in [-0.3, -0.25) is 0 Å². The number of carbonyl (C=O) groups excluding carboxylic acids is 1. The van der Waals surface area contributed by atoms with Gasteiger partial charge in [0, 0.05) is 0 Å². The normalized spacial score (nSPS) is 9.88. The molecule has 0 aromatic carbocycles.